The Labute approximate surface area is 224 Å². The quantitative estimate of drug-likeness (QED) is 0.118. The van der Waals surface area contributed by atoms with Crippen LogP contribution >= 0.6 is 15.9 Å². The maximum atomic E-state index is 13.0. The van der Waals surface area contributed by atoms with Gasteiger partial charge in [-0.15, -0.1) is 0 Å². The zero-order chi connectivity index (χ0) is 26.5. The molecule has 0 bridgehead atoms. The molecule has 0 atom stereocenters. The maximum Gasteiger partial charge on any atom is 0.311 e. The zero-order valence-corrected chi connectivity index (χ0v) is 22.9. The van der Waals surface area contributed by atoms with E-state index in [9.17, 15) is 9.59 Å². The van der Waals surface area contributed by atoms with Crippen LogP contribution in [0.25, 0.3) is 11.0 Å². The summed E-state index contributed by atoms with van der Waals surface area (Å²) in [7, 11) is 0. The molecule has 192 valence electrons. The van der Waals surface area contributed by atoms with Gasteiger partial charge < -0.3 is 18.6 Å². The molecule has 6 nitrogen and oxygen atoms in total. The summed E-state index contributed by atoms with van der Waals surface area (Å²) in [4.78, 5) is 25.3. The number of rotatable bonds is 9. The number of carbonyl (C=O) groups excluding carboxylic acids is 1. The van der Waals surface area contributed by atoms with Crippen molar-refractivity contribution in [2.45, 2.75) is 47.0 Å². The first-order valence-corrected chi connectivity index (χ1v) is 13.0. The zero-order valence-electron chi connectivity index (χ0n) is 21.4. The van der Waals surface area contributed by atoms with Crippen molar-refractivity contribution in [1.82, 2.24) is 0 Å². The Bertz CT molecular complexity index is 1500. The van der Waals surface area contributed by atoms with Crippen LogP contribution in [-0.2, 0) is 11.2 Å². The van der Waals surface area contributed by atoms with E-state index in [1.807, 2.05) is 45.0 Å². The number of ether oxygens (including phenoxy) is 3. The van der Waals surface area contributed by atoms with Crippen LogP contribution in [0.15, 0.2) is 68.5 Å². The van der Waals surface area contributed by atoms with Gasteiger partial charge in [-0.3, -0.25) is 9.59 Å². The molecule has 3 aromatic carbocycles. The second-order valence-corrected chi connectivity index (χ2v) is 9.79. The van der Waals surface area contributed by atoms with E-state index in [0.717, 1.165) is 33.3 Å². The Morgan fingerprint density at radius 3 is 2.54 bits per heavy atom. The molecule has 7 heteroatoms. The number of halogens is 1. The van der Waals surface area contributed by atoms with Crippen LogP contribution in [-0.4, -0.2) is 12.6 Å². The minimum absolute atomic E-state index is 0.0984. The van der Waals surface area contributed by atoms with Gasteiger partial charge in [0, 0.05) is 12.5 Å². The third-order valence-electron chi connectivity index (χ3n) is 6.12. The van der Waals surface area contributed by atoms with Crippen LogP contribution < -0.4 is 19.6 Å². The van der Waals surface area contributed by atoms with Gasteiger partial charge in [0.25, 0.3) is 0 Å². The lowest BCUT2D eigenvalue weighted by Gasteiger charge is -2.12. The van der Waals surface area contributed by atoms with Crippen molar-refractivity contribution in [3.63, 3.8) is 0 Å². The Hall–Kier alpha value is -3.58. The molecule has 0 unspecified atom stereocenters. The molecule has 1 heterocycles. The monoisotopic (exact) mass is 564 g/mol. The topological polar surface area (TPSA) is 75.0 Å². The molecular formula is C30H29BrO6. The maximum absolute atomic E-state index is 13.0. The van der Waals surface area contributed by atoms with Crippen molar-refractivity contribution in [3.05, 3.63) is 91.7 Å². The van der Waals surface area contributed by atoms with Crippen LogP contribution in [0.1, 0.15) is 42.0 Å². The van der Waals surface area contributed by atoms with E-state index in [1.54, 1.807) is 12.1 Å². The normalized spacial score (nSPS) is 10.9. The van der Waals surface area contributed by atoms with Crippen LogP contribution in [0.3, 0.4) is 0 Å². The summed E-state index contributed by atoms with van der Waals surface area (Å²) in [5.41, 5.74) is 4.31. The molecule has 0 fully saturated rings. The Morgan fingerprint density at radius 2 is 1.78 bits per heavy atom. The van der Waals surface area contributed by atoms with Crippen molar-refractivity contribution in [2.75, 3.05) is 6.61 Å². The van der Waals surface area contributed by atoms with E-state index < -0.39 is 5.97 Å². The van der Waals surface area contributed by atoms with Crippen molar-refractivity contribution in [1.29, 1.82) is 0 Å². The molecule has 0 N–H and O–H groups in total. The summed E-state index contributed by atoms with van der Waals surface area (Å²) in [5.74, 6) is 1.37. The van der Waals surface area contributed by atoms with Gasteiger partial charge in [0.1, 0.15) is 29.1 Å². The first-order chi connectivity index (χ1) is 17.7. The standard InChI is InChI=1S/C30H29BrO6/c1-5-21-8-11-25(24(31)15-21)34-12-6-7-29(32)36-22-9-10-23-27(16-22)35-17-28(30(23)33)37-26-14-18(2)13-19(3)20(26)4/h8-11,13-17H,5-7,12H2,1-4H3. The fraction of sp³-hybridized carbons (Fsp3) is 0.267. The number of hydrogen-bond acceptors (Lipinski definition) is 6. The molecule has 0 spiro atoms. The molecule has 0 saturated heterocycles. The molecule has 0 radical (unpaired) electrons. The van der Waals surface area contributed by atoms with E-state index >= 15 is 0 Å². The summed E-state index contributed by atoms with van der Waals surface area (Å²) in [5, 5.41) is 0.340. The second kappa shape index (κ2) is 11.6. The average molecular weight is 565 g/mol. The third kappa shape index (κ3) is 6.41. The largest absolute Gasteiger partial charge is 0.492 e. The second-order valence-electron chi connectivity index (χ2n) is 8.94. The van der Waals surface area contributed by atoms with Crippen LogP contribution in [0.2, 0.25) is 0 Å². The molecule has 0 aliphatic heterocycles. The Kier molecular flexibility index (Phi) is 8.34. The van der Waals surface area contributed by atoms with Gasteiger partial charge in [-0.2, -0.15) is 0 Å². The van der Waals surface area contributed by atoms with Gasteiger partial charge in [-0.05, 0) is 102 Å². The Morgan fingerprint density at radius 1 is 0.973 bits per heavy atom. The molecule has 37 heavy (non-hydrogen) atoms. The Balaban J connectivity index is 1.36. The number of carbonyl (C=O) groups is 1. The van der Waals surface area contributed by atoms with Gasteiger partial charge in [0.2, 0.25) is 11.2 Å². The summed E-state index contributed by atoms with van der Waals surface area (Å²) in [6.45, 7) is 8.40. The lowest BCUT2D eigenvalue weighted by molar-refractivity contribution is -0.134. The fourth-order valence-corrected chi connectivity index (χ4v) is 4.45. The summed E-state index contributed by atoms with van der Waals surface area (Å²) >= 11 is 3.51. The minimum atomic E-state index is -0.393. The van der Waals surface area contributed by atoms with Gasteiger partial charge in [-0.25, -0.2) is 0 Å². The fourth-order valence-electron chi connectivity index (χ4n) is 3.91. The summed E-state index contributed by atoms with van der Waals surface area (Å²) < 4.78 is 23.7. The molecule has 4 aromatic rings. The van der Waals surface area contributed by atoms with Gasteiger partial charge in [-0.1, -0.05) is 19.1 Å². The first-order valence-electron chi connectivity index (χ1n) is 12.2. The van der Waals surface area contributed by atoms with Crippen molar-refractivity contribution >= 4 is 32.9 Å². The first kappa shape index (κ1) is 26.5. The number of benzene rings is 3. The molecule has 0 amide bonds. The smallest absolute Gasteiger partial charge is 0.311 e. The van der Waals surface area contributed by atoms with Crippen molar-refractivity contribution in [3.8, 4) is 23.0 Å². The van der Waals surface area contributed by atoms with E-state index in [0.29, 0.717) is 35.5 Å². The highest BCUT2D eigenvalue weighted by Gasteiger charge is 2.14. The highest BCUT2D eigenvalue weighted by Crippen LogP contribution is 2.29. The predicted molar refractivity (Wildman–Crippen MR) is 147 cm³/mol. The van der Waals surface area contributed by atoms with Crippen LogP contribution in [0.4, 0.5) is 0 Å². The highest BCUT2D eigenvalue weighted by atomic mass is 79.9. The van der Waals surface area contributed by atoms with Crippen molar-refractivity contribution < 1.29 is 23.4 Å². The minimum Gasteiger partial charge on any atom is -0.492 e. The lowest BCUT2D eigenvalue weighted by Crippen LogP contribution is -2.10. The number of esters is 1. The van der Waals surface area contributed by atoms with E-state index in [1.165, 1.54) is 17.9 Å². The van der Waals surface area contributed by atoms with Gasteiger partial charge in [0.05, 0.1) is 16.5 Å². The number of hydrogen-bond donors (Lipinski definition) is 0. The van der Waals surface area contributed by atoms with Crippen molar-refractivity contribution in [2.24, 2.45) is 0 Å². The summed E-state index contributed by atoms with van der Waals surface area (Å²) in [6, 6.07) is 14.6. The van der Waals surface area contributed by atoms with Crippen LogP contribution in [0, 0.1) is 20.8 Å². The van der Waals surface area contributed by atoms with E-state index in [-0.39, 0.29) is 17.6 Å². The molecule has 0 aliphatic carbocycles. The van der Waals surface area contributed by atoms with Gasteiger partial charge >= 0.3 is 5.97 Å². The SMILES string of the molecule is CCc1ccc(OCCCC(=O)Oc2ccc3c(=O)c(Oc4cc(C)cc(C)c4C)coc3c2)c(Br)c1. The molecule has 4 rings (SSSR count). The van der Waals surface area contributed by atoms with E-state index in [2.05, 4.69) is 28.9 Å². The summed E-state index contributed by atoms with van der Waals surface area (Å²) in [6.07, 6.45) is 2.93. The average Bonchev–Trinajstić information content (AvgIpc) is 2.87. The molecule has 0 saturated carbocycles. The highest BCUT2D eigenvalue weighted by molar-refractivity contribution is 9.10. The lowest BCUT2D eigenvalue weighted by atomic mass is 10.1. The number of aryl methyl sites for hydroxylation is 3. The molecule has 0 aliphatic rings. The molecule has 1 aromatic heterocycles. The predicted octanol–water partition coefficient (Wildman–Crippen LogP) is 7.60. The third-order valence-corrected chi connectivity index (χ3v) is 6.74. The van der Waals surface area contributed by atoms with Crippen LogP contribution in [0.5, 0.6) is 23.0 Å². The van der Waals surface area contributed by atoms with E-state index in [4.69, 9.17) is 18.6 Å². The number of fused-ring (bicyclic) bond motifs is 1. The van der Waals surface area contributed by atoms with Gasteiger partial charge in [0.15, 0.2) is 0 Å². The molecular weight excluding hydrogens is 536 g/mol.